The third kappa shape index (κ3) is 0.410. The molecular weight excluding hydrogens is 96.1 g/mol. The minimum absolute atomic E-state index is 0.991. The van der Waals surface area contributed by atoms with E-state index in [0.717, 1.165) is 17.8 Å². The second-order valence-corrected chi connectivity index (χ2v) is 3.20. The van der Waals surface area contributed by atoms with Gasteiger partial charge in [0.2, 0.25) is 0 Å². The van der Waals surface area contributed by atoms with Crippen molar-refractivity contribution in [3.8, 4) is 0 Å². The van der Waals surface area contributed by atoms with Crippen LogP contribution in [0.1, 0.15) is 19.8 Å². The van der Waals surface area contributed by atoms with Crippen LogP contribution in [0.3, 0.4) is 0 Å². The Hall–Kier alpha value is -0.260. The van der Waals surface area contributed by atoms with E-state index in [1.165, 1.54) is 12.8 Å². The summed E-state index contributed by atoms with van der Waals surface area (Å²) in [5.41, 5.74) is 0. The van der Waals surface area contributed by atoms with Crippen molar-refractivity contribution < 1.29 is 0 Å². The van der Waals surface area contributed by atoms with Gasteiger partial charge in [-0.3, -0.25) is 0 Å². The van der Waals surface area contributed by atoms with Crippen molar-refractivity contribution in [1.82, 2.24) is 0 Å². The lowest BCUT2D eigenvalue weighted by molar-refractivity contribution is 0.143. The van der Waals surface area contributed by atoms with Gasteiger partial charge in [0.1, 0.15) is 0 Å². The van der Waals surface area contributed by atoms with Crippen molar-refractivity contribution in [2.24, 2.45) is 17.8 Å². The van der Waals surface area contributed by atoms with Gasteiger partial charge >= 0.3 is 0 Å². The summed E-state index contributed by atoms with van der Waals surface area (Å²) in [5.74, 6) is 3.06. The van der Waals surface area contributed by atoms with E-state index in [4.69, 9.17) is 0 Å². The van der Waals surface area contributed by atoms with Crippen molar-refractivity contribution in [3.63, 3.8) is 0 Å². The highest BCUT2D eigenvalue weighted by Crippen LogP contribution is 2.46. The van der Waals surface area contributed by atoms with Gasteiger partial charge in [-0.15, -0.1) is 0 Å². The Labute approximate surface area is 50.6 Å². The van der Waals surface area contributed by atoms with Crippen LogP contribution in [0.2, 0.25) is 0 Å². The fraction of sp³-hybridized carbons (Fsp3) is 0.750. The lowest BCUT2D eigenvalue weighted by Crippen LogP contribution is -2.29. The Morgan fingerprint density at radius 3 is 2.88 bits per heavy atom. The molecule has 0 radical (unpaired) electrons. The van der Waals surface area contributed by atoms with Gasteiger partial charge < -0.3 is 0 Å². The lowest BCUT2D eigenvalue weighted by atomic mass is 9.67. The molecule has 0 nitrogen and oxygen atoms in total. The number of hydrogen-bond donors (Lipinski definition) is 0. The van der Waals surface area contributed by atoms with Crippen LogP contribution in [-0.2, 0) is 0 Å². The quantitative estimate of drug-likeness (QED) is 0.417. The molecular formula is C8H12. The Bertz CT molecular complexity index is 124. The second-order valence-electron chi connectivity index (χ2n) is 3.20. The molecule has 2 rings (SSSR count). The number of rotatable bonds is 0. The highest BCUT2D eigenvalue weighted by atomic mass is 14.4. The third-order valence-corrected chi connectivity index (χ3v) is 2.72. The molecule has 3 unspecified atom stereocenters. The highest BCUT2D eigenvalue weighted by Gasteiger charge is 2.37. The Morgan fingerprint density at radius 1 is 1.50 bits per heavy atom. The fourth-order valence-electron chi connectivity index (χ4n) is 2.04. The summed E-state index contributed by atoms with van der Waals surface area (Å²) < 4.78 is 0. The molecule has 0 aromatic rings. The molecule has 2 aliphatic carbocycles. The zero-order valence-electron chi connectivity index (χ0n) is 5.30. The maximum Gasteiger partial charge on any atom is -0.0197 e. The standard InChI is InChI=1S/C8H12/c1-6-5-7-3-2-4-8(6)7/h2-3,6-8H,4-5H2,1H3. The monoisotopic (exact) mass is 108 g/mol. The van der Waals surface area contributed by atoms with Gasteiger partial charge in [0.05, 0.1) is 0 Å². The smallest absolute Gasteiger partial charge is 0.0197 e. The van der Waals surface area contributed by atoms with Crippen LogP contribution in [0.5, 0.6) is 0 Å². The van der Waals surface area contributed by atoms with E-state index in [1.54, 1.807) is 0 Å². The molecule has 2 aliphatic rings. The second kappa shape index (κ2) is 1.37. The molecule has 0 aromatic carbocycles. The molecule has 0 aliphatic heterocycles. The highest BCUT2D eigenvalue weighted by molar-refractivity contribution is 5.08. The first-order valence-corrected chi connectivity index (χ1v) is 3.54. The lowest BCUT2D eigenvalue weighted by Gasteiger charge is -2.37. The molecule has 1 fully saturated rings. The Balaban J connectivity index is 2.08. The summed E-state index contributed by atoms with van der Waals surface area (Å²) in [6.07, 6.45) is 7.57. The fourth-order valence-corrected chi connectivity index (χ4v) is 2.04. The zero-order valence-corrected chi connectivity index (χ0v) is 5.30. The first kappa shape index (κ1) is 4.60. The van der Waals surface area contributed by atoms with Crippen molar-refractivity contribution in [2.75, 3.05) is 0 Å². The van der Waals surface area contributed by atoms with E-state index < -0.39 is 0 Å². The van der Waals surface area contributed by atoms with E-state index in [-0.39, 0.29) is 0 Å². The Kier molecular flexibility index (Phi) is 0.787. The zero-order chi connectivity index (χ0) is 5.56. The molecule has 3 atom stereocenters. The predicted octanol–water partition coefficient (Wildman–Crippen LogP) is 2.22. The van der Waals surface area contributed by atoms with Gasteiger partial charge in [-0.2, -0.15) is 0 Å². The van der Waals surface area contributed by atoms with Crippen LogP contribution >= 0.6 is 0 Å². The number of fused-ring (bicyclic) bond motifs is 1. The van der Waals surface area contributed by atoms with Crippen molar-refractivity contribution in [1.29, 1.82) is 0 Å². The maximum absolute atomic E-state index is 2.39. The molecule has 1 saturated carbocycles. The molecule has 8 heavy (non-hydrogen) atoms. The Morgan fingerprint density at radius 2 is 2.38 bits per heavy atom. The van der Waals surface area contributed by atoms with Gasteiger partial charge in [-0.1, -0.05) is 19.1 Å². The van der Waals surface area contributed by atoms with Crippen LogP contribution in [-0.4, -0.2) is 0 Å². The average molecular weight is 108 g/mol. The summed E-state index contributed by atoms with van der Waals surface area (Å²) >= 11 is 0. The minimum Gasteiger partial charge on any atom is -0.0879 e. The first-order chi connectivity index (χ1) is 3.88. The van der Waals surface area contributed by atoms with Gasteiger partial charge in [-0.25, -0.2) is 0 Å². The van der Waals surface area contributed by atoms with Crippen LogP contribution in [0.4, 0.5) is 0 Å². The predicted molar refractivity (Wildman–Crippen MR) is 34.5 cm³/mol. The third-order valence-electron chi connectivity index (χ3n) is 2.72. The van der Waals surface area contributed by atoms with Gasteiger partial charge in [0.25, 0.3) is 0 Å². The average Bonchev–Trinajstić information content (AvgIpc) is 2.09. The largest absolute Gasteiger partial charge is 0.0879 e. The molecule has 0 heterocycles. The summed E-state index contributed by atoms with van der Waals surface area (Å²) in [6, 6.07) is 0. The summed E-state index contributed by atoms with van der Waals surface area (Å²) in [4.78, 5) is 0. The van der Waals surface area contributed by atoms with E-state index in [1.807, 2.05) is 0 Å². The molecule has 0 N–H and O–H groups in total. The normalized spacial score (nSPS) is 50.9. The van der Waals surface area contributed by atoms with Crippen molar-refractivity contribution >= 4 is 0 Å². The van der Waals surface area contributed by atoms with E-state index in [0.29, 0.717) is 0 Å². The molecule has 0 saturated heterocycles. The van der Waals surface area contributed by atoms with E-state index in [9.17, 15) is 0 Å². The molecule has 0 bridgehead atoms. The van der Waals surface area contributed by atoms with Crippen LogP contribution in [0.15, 0.2) is 12.2 Å². The van der Waals surface area contributed by atoms with Crippen LogP contribution in [0, 0.1) is 17.8 Å². The summed E-state index contributed by atoms with van der Waals surface area (Å²) in [5, 5.41) is 0. The molecule has 0 aromatic heterocycles. The summed E-state index contributed by atoms with van der Waals surface area (Å²) in [7, 11) is 0. The van der Waals surface area contributed by atoms with Gasteiger partial charge in [0.15, 0.2) is 0 Å². The number of allylic oxidation sites excluding steroid dienone is 2. The molecule has 0 amide bonds. The van der Waals surface area contributed by atoms with E-state index in [2.05, 4.69) is 19.1 Å². The van der Waals surface area contributed by atoms with Crippen molar-refractivity contribution in [3.05, 3.63) is 12.2 Å². The molecule has 44 valence electrons. The van der Waals surface area contributed by atoms with Gasteiger partial charge in [0, 0.05) is 0 Å². The van der Waals surface area contributed by atoms with E-state index >= 15 is 0 Å². The maximum atomic E-state index is 2.39. The van der Waals surface area contributed by atoms with Crippen molar-refractivity contribution in [2.45, 2.75) is 19.8 Å². The number of hydrogen-bond acceptors (Lipinski definition) is 0. The minimum atomic E-state index is 0.991. The molecule has 0 spiro atoms. The summed E-state index contributed by atoms with van der Waals surface area (Å²) in [6.45, 7) is 2.37. The first-order valence-electron chi connectivity index (χ1n) is 3.54. The molecule has 0 heteroatoms. The topological polar surface area (TPSA) is 0 Å². The van der Waals surface area contributed by atoms with Crippen LogP contribution in [0.25, 0.3) is 0 Å². The van der Waals surface area contributed by atoms with Crippen LogP contribution < -0.4 is 0 Å². The van der Waals surface area contributed by atoms with Gasteiger partial charge in [-0.05, 0) is 30.6 Å². The SMILES string of the molecule is CC1CC2C=CCC12.